The quantitative estimate of drug-likeness (QED) is 0.598. The van der Waals surface area contributed by atoms with E-state index in [1.807, 2.05) is 0 Å². The maximum absolute atomic E-state index is 13.2. The van der Waals surface area contributed by atoms with Crippen molar-refractivity contribution < 1.29 is 14.7 Å². The van der Waals surface area contributed by atoms with Gasteiger partial charge in [-0.2, -0.15) is 0 Å². The van der Waals surface area contributed by atoms with E-state index >= 15 is 0 Å². The lowest BCUT2D eigenvalue weighted by molar-refractivity contribution is -0.117. The van der Waals surface area contributed by atoms with Crippen molar-refractivity contribution in [2.24, 2.45) is 5.10 Å². The zero-order valence-corrected chi connectivity index (χ0v) is 19.4. The second-order valence-corrected chi connectivity index (χ2v) is 9.03. The molecule has 1 aliphatic carbocycles. The number of amides is 2. The van der Waals surface area contributed by atoms with Gasteiger partial charge in [0.25, 0.3) is 5.91 Å². The van der Waals surface area contributed by atoms with Crippen molar-refractivity contribution in [3.05, 3.63) is 50.5 Å². The molecule has 0 saturated heterocycles. The molecule has 1 aromatic heterocycles. The molecule has 0 spiro atoms. The van der Waals surface area contributed by atoms with E-state index in [2.05, 4.69) is 31.3 Å². The molecular formula is C20H18BrCl2N5O3. The number of aromatic nitrogens is 1. The molecule has 4 rings (SSSR count). The van der Waals surface area contributed by atoms with Crippen LogP contribution in [0.25, 0.3) is 0 Å². The smallest absolute Gasteiger partial charge is 0.256 e. The van der Waals surface area contributed by atoms with Gasteiger partial charge in [0.15, 0.2) is 5.82 Å². The van der Waals surface area contributed by atoms with Gasteiger partial charge in [0.05, 0.1) is 22.7 Å². The molecule has 8 nitrogen and oxygen atoms in total. The monoisotopic (exact) mass is 525 g/mol. The number of nitrogens with one attached hydrogen (secondary N) is 1. The van der Waals surface area contributed by atoms with Crippen molar-refractivity contribution >= 4 is 68.3 Å². The number of carbonyl (C=O) groups excluding carboxylic acids is 2. The number of rotatable bonds is 5. The number of hydrogen-bond donors (Lipinski definition) is 2. The van der Waals surface area contributed by atoms with Crippen molar-refractivity contribution in [3.63, 3.8) is 0 Å². The molecule has 1 fully saturated rings. The van der Waals surface area contributed by atoms with Gasteiger partial charge in [-0.1, -0.05) is 23.2 Å². The van der Waals surface area contributed by atoms with Gasteiger partial charge in [0.2, 0.25) is 11.8 Å². The van der Waals surface area contributed by atoms with Gasteiger partial charge in [-0.15, -0.1) is 5.10 Å². The topological polar surface area (TPSA) is 98.1 Å². The van der Waals surface area contributed by atoms with Crippen LogP contribution in [0.2, 0.25) is 10.0 Å². The van der Waals surface area contributed by atoms with Crippen LogP contribution in [0.5, 0.6) is 0 Å². The molecule has 2 amide bonds. The molecule has 31 heavy (non-hydrogen) atoms. The third-order valence-corrected chi connectivity index (χ3v) is 6.24. The minimum Gasteiger partial charge on any atom is -0.495 e. The predicted molar refractivity (Wildman–Crippen MR) is 123 cm³/mol. The molecule has 2 aliphatic rings. The summed E-state index contributed by atoms with van der Waals surface area (Å²) >= 11 is 15.8. The van der Waals surface area contributed by atoms with Crippen molar-refractivity contribution in [2.45, 2.75) is 31.3 Å². The normalized spacial score (nSPS) is 18.0. The summed E-state index contributed by atoms with van der Waals surface area (Å²) in [6.45, 7) is 0. The average Bonchev–Trinajstić information content (AvgIpc) is 3.50. The summed E-state index contributed by atoms with van der Waals surface area (Å²) in [7, 11) is 1.73. The molecular weight excluding hydrogens is 509 g/mol. The van der Waals surface area contributed by atoms with E-state index in [0.717, 1.165) is 12.8 Å². The van der Waals surface area contributed by atoms with Gasteiger partial charge >= 0.3 is 0 Å². The Bertz CT molecular complexity index is 1090. The maximum Gasteiger partial charge on any atom is 0.256 e. The fourth-order valence-electron chi connectivity index (χ4n) is 3.33. The molecule has 0 radical (unpaired) electrons. The molecule has 1 unspecified atom stereocenters. The van der Waals surface area contributed by atoms with Crippen LogP contribution in [0, 0.1) is 0 Å². The summed E-state index contributed by atoms with van der Waals surface area (Å²) in [6.07, 6.45) is 3.38. The first-order valence-electron chi connectivity index (χ1n) is 9.49. The molecule has 1 aromatic carbocycles. The van der Waals surface area contributed by atoms with E-state index in [4.69, 9.17) is 23.2 Å². The first kappa shape index (κ1) is 21.9. The van der Waals surface area contributed by atoms with Crippen LogP contribution in [0.4, 0.5) is 11.5 Å². The van der Waals surface area contributed by atoms with Gasteiger partial charge in [-0.05, 0) is 53.0 Å². The number of hydrazone groups is 1. The minimum absolute atomic E-state index is 0.0325. The molecule has 11 heteroatoms. The van der Waals surface area contributed by atoms with Crippen LogP contribution in [0.3, 0.4) is 0 Å². The molecule has 162 valence electrons. The van der Waals surface area contributed by atoms with Crippen LogP contribution < -0.4 is 10.3 Å². The standard InChI is InChI=1S/C20H18BrCl2N5O3/c1-27(11-4-5-11)20(31)12-7-10(22)8-13(21)17(12)25-19(30)15-9-16(29)26-28(15)18-14(23)3-2-6-24-18/h2-3,6-8,11,15H,4-5,9H2,1H3,(H,25,30)(H,26,29). The number of benzene rings is 1. The Morgan fingerprint density at radius 1 is 1.32 bits per heavy atom. The SMILES string of the molecule is CN(C(=O)c1cc(Cl)cc(Br)c1NC(=O)C1CC(O)=NN1c1ncccc1Cl)C1CC1. The number of hydrogen-bond acceptors (Lipinski definition) is 5. The van der Waals surface area contributed by atoms with E-state index in [9.17, 15) is 14.7 Å². The molecule has 2 aromatic rings. The Hall–Kier alpha value is -2.36. The third-order valence-electron chi connectivity index (χ3n) is 5.10. The number of aliphatic hydroxyl groups is 1. The number of carbonyl (C=O) groups is 2. The van der Waals surface area contributed by atoms with Crippen LogP contribution in [0.15, 0.2) is 40.0 Å². The lowest BCUT2D eigenvalue weighted by Crippen LogP contribution is -2.39. The Labute approximate surface area is 197 Å². The largest absolute Gasteiger partial charge is 0.495 e. The summed E-state index contributed by atoms with van der Waals surface area (Å²) in [4.78, 5) is 32.0. The minimum atomic E-state index is -0.904. The van der Waals surface area contributed by atoms with E-state index in [0.29, 0.717) is 15.2 Å². The van der Waals surface area contributed by atoms with Crippen molar-refractivity contribution in [2.75, 3.05) is 17.4 Å². The maximum atomic E-state index is 13.2. The highest BCUT2D eigenvalue weighted by molar-refractivity contribution is 9.10. The zero-order chi connectivity index (χ0) is 22.3. The second kappa shape index (κ2) is 8.64. The fraction of sp³-hybridized carbons (Fsp3) is 0.300. The summed E-state index contributed by atoms with van der Waals surface area (Å²) in [5, 5.41) is 18.7. The fourth-order valence-corrected chi connectivity index (χ4v) is 4.45. The predicted octanol–water partition coefficient (Wildman–Crippen LogP) is 4.47. The van der Waals surface area contributed by atoms with E-state index in [1.165, 1.54) is 17.3 Å². The van der Waals surface area contributed by atoms with Crippen LogP contribution in [0.1, 0.15) is 29.6 Å². The number of nitrogens with zero attached hydrogens (tertiary/aromatic N) is 4. The summed E-state index contributed by atoms with van der Waals surface area (Å²) in [6, 6.07) is 5.68. The Morgan fingerprint density at radius 3 is 2.74 bits per heavy atom. The highest BCUT2D eigenvalue weighted by atomic mass is 79.9. The van der Waals surface area contributed by atoms with Crippen LogP contribution in [-0.4, -0.2) is 51.8 Å². The van der Waals surface area contributed by atoms with E-state index < -0.39 is 11.9 Å². The summed E-state index contributed by atoms with van der Waals surface area (Å²) in [5.41, 5.74) is 0.568. The molecule has 1 atom stereocenters. The second-order valence-electron chi connectivity index (χ2n) is 7.34. The number of aliphatic hydroxyl groups excluding tert-OH is 1. The summed E-state index contributed by atoms with van der Waals surface area (Å²) in [5.74, 6) is -0.702. The van der Waals surface area contributed by atoms with Crippen LogP contribution >= 0.6 is 39.1 Å². The number of halogens is 3. The third kappa shape index (κ3) is 4.49. The van der Waals surface area contributed by atoms with E-state index in [-0.39, 0.29) is 40.7 Å². The van der Waals surface area contributed by atoms with Crippen molar-refractivity contribution in [1.82, 2.24) is 9.88 Å². The van der Waals surface area contributed by atoms with Gasteiger partial charge in [0, 0.05) is 28.8 Å². The lowest BCUT2D eigenvalue weighted by Gasteiger charge is -2.24. The highest BCUT2D eigenvalue weighted by Crippen LogP contribution is 2.35. The molecule has 0 bridgehead atoms. The first-order chi connectivity index (χ1) is 14.8. The van der Waals surface area contributed by atoms with Crippen molar-refractivity contribution in [3.8, 4) is 0 Å². The number of pyridine rings is 1. The average molecular weight is 527 g/mol. The summed E-state index contributed by atoms with van der Waals surface area (Å²) < 4.78 is 0.464. The molecule has 1 saturated carbocycles. The zero-order valence-electron chi connectivity index (χ0n) is 16.3. The van der Waals surface area contributed by atoms with E-state index in [1.54, 1.807) is 30.1 Å². The van der Waals surface area contributed by atoms with Gasteiger partial charge in [0.1, 0.15) is 6.04 Å². The first-order valence-corrected chi connectivity index (χ1v) is 11.0. The molecule has 2 N–H and O–H groups in total. The Balaban J connectivity index is 1.64. The lowest BCUT2D eigenvalue weighted by atomic mass is 10.1. The van der Waals surface area contributed by atoms with Crippen LogP contribution in [-0.2, 0) is 4.79 Å². The van der Waals surface area contributed by atoms with Crippen molar-refractivity contribution in [1.29, 1.82) is 0 Å². The highest BCUT2D eigenvalue weighted by Gasteiger charge is 2.37. The Morgan fingerprint density at radius 2 is 2.06 bits per heavy atom. The van der Waals surface area contributed by atoms with Gasteiger partial charge in [-0.3, -0.25) is 9.59 Å². The van der Waals surface area contributed by atoms with Gasteiger partial charge in [-0.25, -0.2) is 9.99 Å². The molecule has 1 aliphatic heterocycles. The molecule has 2 heterocycles. The Kier molecular flexibility index (Phi) is 6.09. The van der Waals surface area contributed by atoms with Gasteiger partial charge < -0.3 is 15.3 Å². The number of anilines is 2.